The van der Waals surface area contributed by atoms with Crippen LogP contribution in [0.3, 0.4) is 0 Å². The number of aromatic nitrogens is 1. The van der Waals surface area contributed by atoms with Crippen LogP contribution in [-0.4, -0.2) is 30.8 Å². The number of sulfonamides is 1. The van der Waals surface area contributed by atoms with Crippen LogP contribution in [0.15, 0.2) is 29.2 Å². The van der Waals surface area contributed by atoms with Crippen molar-refractivity contribution in [2.75, 3.05) is 13.1 Å². The molecule has 1 aromatic heterocycles. The maximum Gasteiger partial charge on any atom is 0.243 e. The normalized spacial score (nSPS) is 18.4. The fraction of sp³-hybridized carbons (Fsp3) is 0.467. The summed E-state index contributed by atoms with van der Waals surface area (Å²) < 4.78 is 27.0. The van der Waals surface area contributed by atoms with E-state index in [2.05, 4.69) is 11.9 Å². The Morgan fingerprint density at radius 2 is 2.00 bits per heavy atom. The number of hydrogen-bond acceptors (Lipinski definition) is 3. The molecule has 3 rings (SSSR count). The van der Waals surface area contributed by atoms with Crippen molar-refractivity contribution in [3.63, 3.8) is 0 Å². The van der Waals surface area contributed by atoms with E-state index in [1.54, 1.807) is 16.4 Å². The van der Waals surface area contributed by atoms with Crippen molar-refractivity contribution in [2.45, 2.75) is 31.2 Å². The first kappa shape index (κ1) is 14.6. The van der Waals surface area contributed by atoms with Crippen LogP contribution in [0.5, 0.6) is 0 Å². The Morgan fingerprint density at radius 3 is 2.67 bits per heavy atom. The first-order valence-electron chi connectivity index (χ1n) is 7.32. The molecule has 5 nitrogen and oxygen atoms in total. The molecule has 1 aromatic carbocycles. The van der Waals surface area contributed by atoms with Gasteiger partial charge in [-0.25, -0.2) is 8.42 Å². The standard InChI is InChI=1S/C15H21N3O2S/c1-11-4-6-18(7-5-11)21(19,20)14-2-3-15-12(9-14)8-13(10-16)17-15/h2-3,8-9,11,17H,4-7,10,16H2,1H3. The lowest BCUT2D eigenvalue weighted by Gasteiger charge is -2.29. The van der Waals surface area contributed by atoms with Gasteiger partial charge in [-0.05, 0) is 43.0 Å². The average molecular weight is 307 g/mol. The fourth-order valence-electron chi connectivity index (χ4n) is 2.82. The number of hydrogen-bond donors (Lipinski definition) is 2. The third kappa shape index (κ3) is 2.71. The SMILES string of the molecule is CC1CCN(S(=O)(=O)c2ccc3[nH]c(CN)cc3c2)CC1. The van der Waals surface area contributed by atoms with E-state index < -0.39 is 10.0 Å². The highest BCUT2D eigenvalue weighted by Gasteiger charge is 2.28. The maximum atomic E-state index is 12.7. The van der Waals surface area contributed by atoms with Crippen molar-refractivity contribution in [2.24, 2.45) is 11.7 Å². The van der Waals surface area contributed by atoms with Gasteiger partial charge in [0.25, 0.3) is 0 Å². The molecular formula is C15H21N3O2S. The zero-order valence-electron chi connectivity index (χ0n) is 12.2. The second-order valence-corrected chi connectivity index (χ2v) is 7.77. The van der Waals surface area contributed by atoms with Crippen molar-refractivity contribution in [1.82, 2.24) is 9.29 Å². The predicted molar refractivity (Wildman–Crippen MR) is 83.3 cm³/mol. The minimum atomic E-state index is -3.39. The largest absolute Gasteiger partial charge is 0.357 e. The molecule has 0 bridgehead atoms. The summed E-state index contributed by atoms with van der Waals surface area (Å²) in [4.78, 5) is 3.54. The Kier molecular flexibility index (Phi) is 3.77. The second kappa shape index (κ2) is 5.44. The van der Waals surface area contributed by atoms with Gasteiger partial charge in [0, 0.05) is 36.2 Å². The van der Waals surface area contributed by atoms with E-state index in [0.29, 0.717) is 30.4 Å². The number of H-pyrrole nitrogens is 1. The van der Waals surface area contributed by atoms with Crippen LogP contribution in [0.2, 0.25) is 0 Å². The number of nitrogens with two attached hydrogens (primary N) is 1. The van der Waals surface area contributed by atoms with E-state index in [1.807, 2.05) is 12.1 Å². The molecule has 0 saturated carbocycles. The first-order chi connectivity index (χ1) is 10.0. The average Bonchev–Trinajstić information content (AvgIpc) is 2.89. The number of piperidine rings is 1. The third-order valence-corrected chi connectivity index (χ3v) is 6.14. The first-order valence-corrected chi connectivity index (χ1v) is 8.76. The smallest absolute Gasteiger partial charge is 0.243 e. The minimum Gasteiger partial charge on any atom is -0.357 e. The lowest BCUT2D eigenvalue weighted by molar-refractivity contribution is 0.288. The molecule has 3 N–H and O–H groups in total. The number of nitrogens with one attached hydrogen (secondary N) is 1. The second-order valence-electron chi connectivity index (χ2n) is 5.83. The summed E-state index contributed by atoms with van der Waals surface area (Å²) in [5, 5.41) is 0.891. The molecule has 21 heavy (non-hydrogen) atoms. The highest BCUT2D eigenvalue weighted by atomic mass is 32.2. The quantitative estimate of drug-likeness (QED) is 0.911. The zero-order chi connectivity index (χ0) is 15.0. The minimum absolute atomic E-state index is 0.368. The summed E-state index contributed by atoms with van der Waals surface area (Å²) in [6, 6.07) is 7.13. The highest BCUT2D eigenvalue weighted by Crippen LogP contribution is 2.26. The summed E-state index contributed by atoms with van der Waals surface area (Å²) in [6.07, 6.45) is 1.87. The van der Waals surface area contributed by atoms with Gasteiger partial charge in [0.1, 0.15) is 0 Å². The Balaban J connectivity index is 1.94. The Hall–Kier alpha value is -1.37. The van der Waals surface area contributed by atoms with Crippen LogP contribution in [0.4, 0.5) is 0 Å². The van der Waals surface area contributed by atoms with E-state index >= 15 is 0 Å². The van der Waals surface area contributed by atoms with Crippen LogP contribution >= 0.6 is 0 Å². The van der Waals surface area contributed by atoms with Gasteiger partial charge < -0.3 is 10.7 Å². The summed E-state index contributed by atoms with van der Waals surface area (Å²) in [7, 11) is -3.39. The van der Waals surface area contributed by atoms with Crippen LogP contribution in [0, 0.1) is 5.92 Å². The fourth-order valence-corrected chi connectivity index (χ4v) is 4.32. The van der Waals surface area contributed by atoms with Crippen molar-refractivity contribution >= 4 is 20.9 Å². The molecule has 0 amide bonds. The molecule has 0 aliphatic carbocycles. The molecule has 1 fully saturated rings. The van der Waals surface area contributed by atoms with Gasteiger partial charge in [0.15, 0.2) is 0 Å². The molecule has 0 unspecified atom stereocenters. The van der Waals surface area contributed by atoms with E-state index in [4.69, 9.17) is 5.73 Å². The number of fused-ring (bicyclic) bond motifs is 1. The van der Waals surface area contributed by atoms with Crippen molar-refractivity contribution in [3.05, 3.63) is 30.0 Å². The molecule has 1 aliphatic rings. The topological polar surface area (TPSA) is 79.2 Å². The van der Waals surface area contributed by atoms with Crippen molar-refractivity contribution in [3.8, 4) is 0 Å². The summed E-state index contributed by atoms with van der Waals surface area (Å²) in [5.41, 5.74) is 7.44. The molecule has 0 spiro atoms. The lowest BCUT2D eigenvalue weighted by Crippen LogP contribution is -2.37. The molecule has 6 heteroatoms. The van der Waals surface area contributed by atoms with E-state index in [0.717, 1.165) is 29.4 Å². The van der Waals surface area contributed by atoms with Crippen LogP contribution < -0.4 is 5.73 Å². The van der Waals surface area contributed by atoms with Gasteiger partial charge in [-0.2, -0.15) is 4.31 Å². The summed E-state index contributed by atoms with van der Waals surface area (Å²) >= 11 is 0. The predicted octanol–water partition coefficient (Wildman–Crippen LogP) is 2.05. The highest BCUT2D eigenvalue weighted by molar-refractivity contribution is 7.89. The molecule has 1 saturated heterocycles. The lowest BCUT2D eigenvalue weighted by atomic mass is 10.0. The molecule has 1 aliphatic heterocycles. The number of rotatable bonds is 3. The molecule has 114 valence electrons. The number of benzene rings is 1. The number of aromatic amines is 1. The molecule has 0 atom stereocenters. The van der Waals surface area contributed by atoms with Gasteiger partial charge in [0.05, 0.1) is 4.90 Å². The van der Waals surface area contributed by atoms with Crippen LogP contribution in [-0.2, 0) is 16.6 Å². The zero-order valence-corrected chi connectivity index (χ0v) is 13.0. The summed E-state index contributed by atoms with van der Waals surface area (Å²) in [5.74, 6) is 0.607. The van der Waals surface area contributed by atoms with Crippen molar-refractivity contribution in [1.29, 1.82) is 0 Å². The molecular weight excluding hydrogens is 286 g/mol. The van der Waals surface area contributed by atoms with E-state index in [-0.39, 0.29) is 0 Å². The third-order valence-electron chi connectivity index (χ3n) is 4.25. The Labute approximate surface area is 125 Å². The monoisotopic (exact) mass is 307 g/mol. The molecule has 0 radical (unpaired) electrons. The number of nitrogens with zero attached hydrogens (tertiary/aromatic N) is 1. The van der Waals surface area contributed by atoms with Gasteiger partial charge in [-0.1, -0.05) is 6.92 Å². The van der Waals surface area contributed by atoms with E-state index in [1.165, 1.54) is 0 Å². The Morgan fingerprint density at radius 1 is 1.29 bits per heavy atom. The van der Waals surface area contributed by atoms with Crippen LogP contribution in [0.1, 0.15) is 25.5 Å². The van der Waals surface area contributed by atoms with Crippen LogP contribution in [0.25, 0.3) is 10.9 Å². The summed E-state index contributed by atoms with van der Waals surface area (Å²) in [6.45, 7) is 3.82. The van der Waals surface area contributed by atoms with Gasteiger partial charge in [-0.15, -0.1) is 0 Å². The van der Waals surface area contributed by atoms with Crippen molar-refractivity contribution < 1.29 is 8.42 Å². The van der Waals surface area contributed by atoms with Gasteiger partial charge in [0.2, 0.25) is 10.0 Å². The van der Waals surface area contributed by atoms with E-state index in [9.17, 15) is 8.42 Å². The Bertz CT molecular complexity index is 743. The van der Waals surface area contributed by atoms with Gasteiger partial charge in [-0.3, -0.25) is 0 Å². The molecule has 2 aromatic rings. The maximum absolute atomic E-state index is 12.7. The van der Waals surface area contributed by atoms with Gasteiger partial charge >= 0.3 is 0 Å². The molecule has 2 heterocycles.